The van der Waals surface area contributed by atoms with Gasteiger partial charge in [-0.25, -0.2) is 4.98 Å². The second-order valence-electron chi connectivity index (χ2n) is 7.61. The van der Waals surface area contributed by atoms with Crippen LogP contribution in [0.5, 0.6) is 0 Å². The van der Waals surface area contributed by atoms with E-state index in [9.17, 15) is 0 Å². The van der Waals surface area contributed by atoms with Crippen molar-refractivity contribution in [1.29, 1.82) is 0 Å². The number of guanidine groups is 1. The molecule has 1 aliphatic heterocycles. The minimum atomic E-state index is 0. The molecule has 0 aromatic carbocycles. The van der Waals surface area contributed by atoms with Crippen LogP contribution in [0, 0.1) is 0 Å². The standard InChI is InChI=1S/C22H31N7O2.HI/c1-2-23-22(24-11-10-20-26-21(28-27-20)19-9-7-15-31-19)25-16-17(18-8-6-14-30-18)29-12-4-3-5-13-29;/h6-9,14-15,17H,2-5,10-13,16H2,1H3,(H2,23,24,25)(H,26,27,28);1H. The largest absolute Gasteiger partial charge is 0.468 e. The van der Waals surface area contributed by atoms with Gasteiger partial charge in [0.15, 0.2) is 11.7 Å². The minimum absolute atomic E-state index is 0. The highest BCUT2D eigenvalue weighted by molar-refractivity contribution is 14.0. The highest BCUT2D eigenvalue weighted by Gasteiger charge is 2.24. The molecule has 9 nitrogen and oxygen atoms in total. The maximum Gasteiger partial charge on any atom is 0.216 e. The molecule has 1 atom stereocenters. The summed E-state index contributed by atoms with van der Waals surface area (Å²) in [5.74, 6) is 3.81. The Morgan fingerprint density at radius 2 is 1.97 bits per heavy atom. The van der Waals surface area contributed by atoms with Crippen molar-refractivity contribution in [3.05, 3.63) is 48.4 Å². The van der Waals surface area contributed by atoms with Crippen molar-refractivity contribution < 1.29 is 8.83 Å². The molecule has 10 heteroatoms. The van der Waals surface area contributed by atoms with E-state index in [0.717, 1.165) is 37.2 Å². The van der Waals surface area contributed by atoms with E-state index in [1.807, 2.05) is 18.2 Å². The van der Waals surface area contributed by atoms with Crippen molar-refractivity contribution >= 4 is 29.9 Å². The number of H-pyrrole nitrogens is 1. The first-order valence-corrected chi connectivity index (χ1v) is 11.1. The van der Waals surface area contributed by atoms with Gasteiger partial charge in [-0.05, 0) is 57.1 Å². The monoisotopic (exact) mass is 553 g/mol. The van der Waals surface area contributed by atoms with E-state index in [4.69, 9.17) is 13.8 Å². The Kier molecular flexibility index (Phi) is 9.60. The van der Waals surface area contributed by atoms with Gasteiger partial charge in [-0.3, -0.25) is 15.0 Å². The van der Waals surface area contributed by atoms with Crippen LogP contribution in [0.3, 0.4) is 0 Å². The highest BCUT2D eigenvalue weighted by atomic mass is 127. The molecule has 0 amide bonds. The second-order valence-corrected chi connectivity index (χ2v) is 7.61. The normalized spacial score (nSPS) is 15.8. The number of hydrogen-bond acceptors (Lipinski definition) is 6. The van der Waals surface area contributed by atoms with Gasteiger partial charge in [0.2, 0.25) is 5.82 Å². The SMILES string of the molecule is CCNC(=NCC(c1ccco1)N1CCCCC1)NCCc1nc(-c2ccco2)n[nH]1.I. The van der Waals surface area contributed by atoms with Gasteiger partial charge < -0.3 is 19.5 Å². The van der Waals surface area contributed by atoms with E-state index in [1.54, 1.807) is 12.5 Å². The molecule has 3 N–H and O–H groups in total. The third-order valence-electron chi connectivity index (χ3n) is 5.40. The molecule has 174 valence electrons. The third-order valence-corrected chi connectivity index (χ3v) is 5.40. The molecule has 1 saturated heterocycles. The number of halogens is 1. The first kappa shape index (κ1) is 24.3. The molecule has 1 aliphatic rings. The summed E-state index contributed by atoms with van der Waals surface area (Å²) in [5.41, 5.74) is 0. The Hall–Kier alpha value is -2.34. The summed E-state index contributed by atoms with van der Waals surface area (Å²) in [4.78, 5) is 11.8. The van der Waals surface area contributed by atoms with Crippen LogP contribution in [0.4, 0.5) is 0 Å². The van der Waals surface area contributed by atoms with Crippen LogP contribution >= 0.6 is 24.0 Å². The van der Waals surface area contributed by atoms with Gasteiger partial charge >= 0.3 is 0 Å². The third kappa shape index (κ3) is 6.58. The number of furan rings is 2. The maximum atomic E-state index is 5.73. The van der Waals surface area contributed by atoms with Gasteiger partial charge in [0.05, 0.1) is 25.1 Å². The van der Waals surface area contributed by atoms with Gasteiger partial charge in [-0.15, -0.1) is 24.0 Å². The van der Waals surface area contributed by atoms with E-state index >= 15 is 0 Å². The lowest BCUT2D eigenvalue weighted by Crippen LogP contribution is -2.40. The van der Waals surface area contributed by atoms with Crippen molar-refractivity contribution in [3.63, 3.8) is 0 Å². The van der Waals surface area contributed by atoms with Crippen LogP contribution in [-0.2, 0) is 6.42 Å². The number of nitrogens with one attached hydrogen (secondary N) is 3. The predicted octanol–water partition coefficient (Wildman–Crippen LogP) is 3.60. The van der Waals surface area contributed by atoms with Crippen molar-refractivity contribution in [2.75, 3.05) is 32.7 Å². The molecule has 0 aliphatic carbocycles. The average Bonchev–Trinajstić information content (AvgIpc) is 3.57. The summed E-state index contributed by atoms with van der Waals surface area (Å²) < 4.78 is 11.1. The minimum Gasteiger partial charge on any atom is -0.468 e. The molecule has 3 aromatic rings. The van der Waals surface area contributed by atoms with Crippen LogP contribution < -0.4 is 10.6 Å². The van der Waals surface area contributed by atoms with Gasteiger partial charge in [-0.1, -0.05) is 6.42 Å². The van der Waals surface area contributed by atoms with E-state index in [-0.39, 0.29) is 30.0 Å². The van der Waals surface area contributed by atoms with Crippen LogP contribution in [-0.4, -0.2) is 58.8 Å². The van der Waals surface area contributed by atoms with Gasteiger partial charge in [0.1, 0.15) is 11.6 Å². The van der Waals surface area contributed by atoms with Crippen molar-refractivity contribution in [3.8, 4) is 11.6 Å². The Morgan fingerprint density at radius 3 is 2.69 bits per heavy atom. The van der Waals surface area contributed by atoms with E-state index in [0.29, 0.717) is 31.1 Å². The van der Waals surface area contributed by atoms with Gasteiger partial charge in [0.25, 0.3) is 0 Å². The number of hydrogen-bond donors (Lipinski definition) is 3. The molecular weight excluding hydrogens is 521 g/mol. The topological polar surface area (TPSA) is 108 Å². The summed E-state index contributed by atoms with van der Waals surface area (Å²) in [6.45, 7) is 6.38. The van der Waals surface area contributed by atoms with E-state index in [2.05, 4.69) is 43.7 Å². The predicted molar refractivity (Wildman–Crippen MR) is 134 cm³/mol. The Bertz CT molecular complexity index is 918. The van der Waals surface area contributed by atoms with Crippen LogP contribution in [0.25, 0.3) is 11.6 Å². The number of rotatable bonds is 9. The van der Waals surface area contributed by atoms with Crippen molar-refractivity contribution in [2.24, 2.45) is 4.99 Å². The summed E-state index contributed by atoms with van der Waals surface area (Å²) in [6, 6.07) is 7.84. The zero-order valence-electron chi connectivity index (χ0n) is 18.4. The fraction of sp³-hybridized carbons (Fsp3) is 0.500. The molecule has 32 heavy (non-hydrogen) atoms. The number of piperidine rings is 1. The number of nitrogens with zero attached hydrogens (tertiary/aromatic N) is 4. The lowest BCUT2D eigenvalue weighted by atomic mass is 10.1. The summed E-state index contributed by atoms with van der Waals surface area (Å²) in [5, 5.41) is 13.9. The van der Waals surface area contributed by atoms with Gasteiger partial charge in [-0.2, -0.15) is 5.10 Å². The fourth-order valence-electron chi connectivity index (χ4n) is 3.84. The first-order chi connectivity index (χ1) is 15.3. The van der Waals surface area contributed by atoms with E-state index < -0.39 is 0 Å². The molecule has 3 aromatic heterocycles. The lowest BCUT2D eigenvalue weighted by molar-refractivity contribution is 0.150. The first-order valence-electron chi connectivity index (χ1n) is 11.1. The molecule has 0 saturated carbocycles. The molecule has 1 fully saturated rings. The number of aromatic nitrogens is 3. The zero-order chi connectivity index (χ0) is 21.3. The van der Waals surface area contributed by atoms with Crippen LogP contribution in [0.2, 0.25) is 0 Å². The molecule has 1 unspecified atom stereocenters. The summed E-state index contributed by atoms with van der Waals surface area (Å²) >= 11 is 0. The number of aromatic amines is 1. The zero-order valence-corrected chi connectivity index (χ0v) is 20.7. The average molecular weight is 553 g/mol. The quantitative estimate of drug-likeness (QED) is 0.211. The molecule has 4 rings (SSSR count). The molecule has 0 bridgehead atoms. The van der Waals surface area contributed by atoms with Crippen LogP contribution in [0.1, 0.15) is 43.8 Å². The molecule has 4 heterocycles. The Morgan fingerprint density at radius 1 is 1.16 bits per heavy atom. The Balaban J connectivity index is 0.00000289. The fourth-order valence-corrected chi connectivity index (χ4v) is 3.84. The van der Waals surface area contributed by atoms with Crippen LogP contribution in [0.15, 0.2) is 50.6 Å². The van der Waals surface area contributed by atoms with E-state index in [1.165, 1.54) is 19.3 Å². The van der Waals surface area contributed by atoms with Crippen molar-refractivity contribution in [1.82, 2.24) is 30.7 Å². The molecular formula is C22H32IN7O2. The van der Waals surface area contributed by atoms with Gasteiger partial charge in [0, 0.05) is 19.5 Å². The smallest absolute Gasteiger partial charge is 0.216 e. The van der Waals surface area contributed by atoms with Crippen molar-refractivity contribution in [2.45, 2.75) is 38.6 Å². The number of aliphatic imine (C=N–C) groups is 1. The molecule has 0 spiro atoms. The summed E-state index contributed by atoms with van der Waals surface area (Å²) in [6.07, 6.45) is 7.83. The lowest BCUT2D eigenvalue weighted by Gasteiger charge is -2.32. The number of likely N-dealkylation sites (tertiary alicyclic amines) is 1. The molecule has 0 radical (unpaired) electrons. The summed E-state index contributed by atoms with van der Waals surface area (Å²) in [7, 11) is 0. The second kappa shape index (κ2) is 12.6. The maximum absolute atomic E-state index is 5.73. The Labute approximate surface area is 205 Å². The highest BCUT2D eigenvalue weighted by Crippen LogP contribution is 2.25.